The molecule has 0 heterocycles. The van der Waals surface area contributed by atoms with Crippen LogP contribution in [0.2, 0.25) is 0 Å². The van der Waals surface area contributed by atoms with E-state index in [1.807, 2.05) is 31.3 Å². The summed E-state index contributed by atoms with van der Waals surface area (Å²) < 4.78 is 31.6. The number of ether oxygens (including phenoxy) is 1. The van der Waals surface area contributed by atoms with Gasteiger partial charge in [-0.05, 0) is 37.7 Å². The van der Waals surface area contributed by atoms with Crippen molar-refractivity contribution in [1.29, 1.82) is 0 Å². The average molecular weight is 291 g/mol. The first-order valence-corrected chi connectivity index (χ1v) is 6.80. The number of benzene rings is 2. The molecule has 0 aliphatic rings. The Morgan fingerprint density at radius 1 is 1.10 bits per heavy atom. The largest absolute Gasteiger partial charge is 0.496 e. The fourth-order valence-electron chi connectivity index (χ4n) is 2.31. The first-order valence-electron chi connectivity index (χ1n) is 6.80. The summed E-state index contributed by atoms with van der Waals surface area (Å²) >= 11 is 0. The van der Waals surface area contributed by atoms with Crippen molar-refractivity contribution in [2.24, 2.45) is 0 Å². The maximum Gasteiger partial charge on any atom is 0.159 e. The molecule has 2 nitrogen and oxygen atoms in total. The molecule has 112 valence electrons. The minimum atomic E-state index is -0.820. The third-order valence-corrected chi connectivity index (χ3v) is 3.67. The maximum absolute atomic E-state index is 13.3. The number of rotatable bonds is 5. The molecule has 1 unspecified atom stereocenters. The van der Waals surface area contributed by atoms with Gasteiger partial charge in [-0.3, -0.25) is 4.90 Å². The van der Waals surface area contributed by atoms with Crippen LogP contribution in [0.3, 0.4) is 0 Å². The lowest BCUT2D eigenvalue weighted by molar-refractivity contribution is 0.246. The summed E-state index contributed by atoms with van der Waals surface area (Å²) in [5, 5.41) is 0. The second kappa shape index (κ2) is 6.68. The third-order valence-electron chi connectivity index (χ3n) is 3.67. The minimum Gasteiger partial charge on any atom is -0.496 e. The van der Waals surface area contributed by atoms with E-state index in [1.54, 1.807) is 13.2 Å². The van der Waals surface area contributed by atoms with E-state index in [4.69, 9.17) is 4.74 Å². The number of halogens is 2. The van der Waals surface area contributed by atoms with E-state index in [0.29, 0.717) is 6.54 Å². The molecule has 0 aliphatic heterocycles. The van der Waals surface area contributed by atoms with Gasteiger partial charge in [0, 0.05) is 18.2 Å². The van der Waals surface area contributed by atoms with Gasteiger partial charge in [-0.15, -0.1) is 0 Å². The van der Waals surface area contributed by atoms with Crippen LogP contribution < -0.4 is 4.74 Å². The zero-order valence-electron chi connectivity index (χ0n) is 12.4. The van der Waals surface area contributed by atoms with E-state index in [1.165, 1.54) is 6.07 Å². The summed E-state index contributed by atoms with van der Waals surface area (Å²) in [4.78, 5) is 2.06. The van der Waals surface area contributed by atoms with Gasteiger partial charge in [0.25, 0.3) is 0 Å². The molecule has 0 aliphatic carbocycles. The van der Waals surface area contributed by atoms with Crippen molar-refractivity contribution in [3.05, 3.63) is 65.2 Å². The molecule has 0 saturated carbocycles. The van der Waals surface area contributed by atoms with Crippen LogP contribution in [0.25, 0.3) is 0 Å². The number of nitrogens with zero attached hydrogens (tertiary/aromatic N) is 1. The second-order valence-corrected chi connectivity index (χ2v) is 5.08. The van der Waals surface area contributed by atoms with Gasteiger partial charge < -0.3 is 4.74 Å². The van der Waals surface area contributed by atoms with Crippen LogP contribution >= 0.6 is 0 Å². The summed E-state index contributed by atoms with van der Waals surface area (Å²) in [6, 6.07) is 11.9. The van der Waals surface area contributed by atoms with Gasteiger partial charge in [0.1, 0.15) is 5.75 Å². The van der Waals surface area contributed by atoms with E-state index >= 15 is 0 Å². The standard InChI is InChI=1S/C17H19F2NO/c1-12(14-6-4-5-7-17(14)21-3)20(2)11-13-8-9-15(18)16(19)10-13/h4-10,12H,11H2,1-3H3. The molecule has 0 N–H and O–H groups in total. The highest BCUT2D eigenvalue weighted by Crippen LogP contribution is 2.29. The smallest absolute Gasteiger partial charge is 0.159 e. The molecule has 0 radical (unpaired) electrons. The normalized spacial score (nSPS) is 12.5. The Hall–Kier alpha value is -1.94. The summed E-state index contributed by atoms with van der Waals surface area (Å²) in [5.74, 6) is -0.813. The Bertz CT molecular complexity index is 615. The minimum absolute atomic E-state index is 0.0919. The van der Waals surface area contributed by atoms with Gasteiger partial charge in [-0.1, -0.05) is 24.3 Å². The molecule has 2 rings (SSSR count). The molecule has 2 aromatic carbocycles. The molecule has 0 saturated heterocycles. The van der Waals surface area contributed by atoms with Crippen molar-refractivity contribution in [1.82, 2.24) is 4.90 Å². The molecule has 1 atom stereocenters. The Kier molecular flexibility index (Phi) is 4.91. The predicted molar refractivity (Wildman–Crippen MR) is 79.2 cm³/mol. The van der Waals surface area contributed by atoms with Crippen molar-refractivity contribution in [2.45, 2.75) is 19.5 Å². The van der Waals surface area contributed by atoms with Gasteiger partial charge >= 0.3 is 0 Å². The molecule has 0 aromatic heterocycles. The molecule has 0 spiro atoms. The topological polar surface area (TPSA) is 12.5 Å². The quantitative estimate of drug-likeness (QED) is 0.820. The van der Waals surface area contributed by atoms with Crippen molar-refractivity contribution in [2.75, 3.05) is 14.2 Å². The van der Waals surface area contributed by atoms with E-state index in [9.17, 15) is 8.78 Å². The van der Waals surface area contributed by atoms with Crippen molar-refractivity contribution < 1.29 is 13.5 Å². The van der Waals surface area contributed by atoms with Gasteiger partial charge in [0.2, 0.25) is 0 Å². The highest BCUT2D eigenvalue weighted by Gasteiger charge is 2.16. The fraction of sp³-hybridized carbons (Fsp3) is 0.294. The number of para-hydroxylation sites is 1. The van der Waals surface area contributed by atoms with E-state index in [2.05, 4.69) is 11.8 Å². The lowest BCUT2D eigenvalue weighted by Gasteiger charge is -2.26. The van der Waals surface area contributed by atoms with Crippen LogP contribution in [0.15, 0.2) is 42.5 Å². The summed E-state index contributed by atoms with van der Waals surface area (Å²) in [7, 11) is 3.58. The Labute approximate surface area is 124 Å². The van der Waals surface area contributed by atoms with Crippen LogP contribution in [0.4, 0.5) is 8.78 Å². The first kappa shape index (κ1) is 15.4. The van der Waals surface area contributed by atoms with Gasteiger partial charge in [-0.25, -0.2) is 8.78 Å². The Morgan fingerprint density at radius 3 is 2.48 bits per heavy atom. The van der Waals surface area contributed by atoms with Gasteiger partial charge in [-0.2, -0.15) is 0 Å². The monoisotopic (exact) mass is 291 g/mol. The number of methoxy groups -OCH3 is 1. The third kappa shape index (κ3) is 3.58. The van der Waals surface area contributed by atoms with Crippen molar-refractivity contribution in [3.63, 3.8) is 0 Å². The number of hydrogen-bond donors (Lipinski definition) is 0. The molecule has 4 heteroatoms. The highest BCUT2D eigenvalue weighted by molar-refractivity contribution is 5.35. The van der Waals surface area contributed by atoms with Crippen LogP contribution in [-0.4, -0.2) is 19.1 Å². The zero-order valence-corrected chi connectivity index (χ0v) is 12.4. The maximum atomic E-state index is 13.3. The lowest BCUT2D eigenvalue weighted by Crippen LogP contribution is -2.22. The second-order valence-electron chi connectivity index (χ2n) is 5.08. The van der Waals surface area contributed by atoms with E-state index in [-0.39, 0.29) is 6.04 Å². The lowest BCUT2D eigenvalue weighted by atomic mass is 10.1. The molecular weight excluding hydrogens is 272 g/mol. The first-order chi connectivity index (χ1) is 10.0. The predicted octanol–water partition coefficient (Wildman–Crippen LogP) is 4.17. The highest BCUT2D eigenvalue weighted by atomic mass is 19.2. The van der Waals surface area contributed by atoms with Crippen LogP contribution in [0, 0.1) is 11.6 Å². The molecule has 2 aromatic rings. The molecular formula is C17H19F2NO. The summed E-state index contributed by atoms with van der Waals surface area (Å²) in [6.07, 6.45) is 0. The molecule has 21 heavy (non-hydrogen) atoms. The summed E-state index contributed by atoms with van der Waals surface area (Å²) in [5.41, 5.74) is 1.79. The van der Waals surface area contributed by atoms with E-state index in [0.717, 1.165) is 22.9 Å². The van der Waals surface area contributed by atoms with Crippen molar-refractivity contribution in [3.8, 4) is 5.75 Å². The molecule has 0 fully saturated rings. The SMILES string of the molecule is COc1ccccc1C(C)N(C)Cc1ccc(F)c(F)c1. The summed E-state index contributed by atoms with van der Waals surface area (Å²) in [6.45, 7) is 2.58. The Morgan fingerprint density at radius 2 is 1.81 bits per heavy atom. The van der Waals surface area contributed by atoms with Gasteiger partial charge in [0.15, 0.2) is 11.6 Å². The van der Waals surface area contributed by atoms with E-state index < -0.39 is 11.6 Å². The average Bonchev–Trinajstić information content (AvgIpc) is 2.50. The number of hydrogen-bond acceptors (Lipinski definition) is 2. The Balaban J connectivity index is 2.15. The van der Waals surface area contributed by atoms with Crippen LogP contribution in [0.5, 0.6) is 5.75 Å². The molecule has 0 bridgehead atoms. The van der Waals surface area contributed by atoms with Crippen LogP contribution in [-0.2, 0) is 6.54 Å². The van der Waals surface area contributed by atoms with Crippen molar-refractivity contribution >= 4 is 0 Å². The zero-order chi connectivity index (χ0) is 15.4. The van der Waals surface area contributed by atoms with Gasteiger partial charge in [0.05, 0.1) is 7.11 Å². The van der Waals surface area contributed by atoms with Crippen LogP contribution in [0.1, 0.15) is 24.1 Å². The molecule has 0 amide bonds. The fourth-order valence-corrected chi connectivity index (χ4v) is 2.31.